The molecule has 0 bridgehead atoms. The first-order valence-electron chi connectivity index (χ1n) is 7.67. The molecule has 1 fully saturated rings. The Kier molecular flexibility index (Phi) is 3.37. The quantitative estimate of drug-likeness (QED) is 0.372. The minimum Gasteiger partial charge on any atom is -0.358 e. The number of likely N-dealkylation sites (tertiary alicyclic amines) is 1. The Morgan fingerprint density at radius 2 is 1.90 bits per heavy atom. The van der Waals surface area contributed by atoms with Crippen LogP contribution in [0.4, 0.5) is 0 Å². The smallest absolute Gasteiger partial charge is 0.0548 e. The first-order chi connectivity index (χ1) is 9.84. The summed E-state index contributed by atoms with van der Waals surface area (Å²) >= 11 is 2.58. The lowest BCUT2D eigenvalue weighted by Crippen LogP contribution is -2.36. The van der Waals surface area contributed by atoms with E-state index in [0.717, 1.165) is 5.92 Å². The van der Waals surface area contributed by atoms with Crippen LogP contribution >= 0.6 is 22.6 Å². The van der Waals surface area contributed by atoms with Gasteiger partial charge in [-0.25, -0.2) is 0 Å². The second kappa shape index (κ2) is 5.21. The van der Waals surface area contributed by atoms with Gasteiger partial charge in [0.15, 0.2) is 0 Å². The normalized spacial score (nSPS) is 41.5. The fourth-order valence-electron chi connectivity index (χ4n) is 4.16. The molecule has 0 radical (unpaired) electrons. The lowest BCUT2D eigenvalue weighted by molar-refractivity contribution is 0.296. The Morgan fingerprint density at radius 3 is 2.75 bits per heavy atom. The summed E-state index contributed by atoms with van der Waals surface area (Å²) in [6.07, 6.45) is 25.0. The summed E-state index contributed by atoms with van der Waals surface area (Å²) < 4.78 is 0.699. The van der Waals surface area contributed by atoms with Crippen LogP contribution < -0.4 is 0 Å². The Labute approximate surface area is 134 Å². The molecule has 1 nitrogen and oxygen atoms in total. The standard InChI is InChI=1S/C18H20IN/c19-13-10-11-18-16(12-13)15-8-4-5-9-17(15)20(18)14-6-2-1-3-7-14/h2,4-11,13,15-18H,1,3,12H2. The van der Waals surface area contributed by atoms with Crippen LogP contribution in [0.15, 0.2) is 60.4 Å². The molecule has 104 valence electrons. The number of hydrogen-bond acceptors (Lipinski definition) is 1. The minimum atomic E-state index is 0.551. The highest BCUT2D eigenvalue weighted by molar-refractivity contribution is 14.1. The van der Waals surface area contributed by atoms with E-state index >= 15 is 0 Å². The SMILES string of the molecule is IC1C=CC2C(C1)C1C=CC=CC1N2C1=CCCC=C1. The summed E-state index contributed by atoms with van der Waals surface area (Å²) in [6, 6.07) is 1.13. The van der Waals surface area contributed by atoms with E-state index in [2.05, 4.69) is 82.2 Å². The Hall–Kier alpha value is -0.770. The van der Waals surface area contributed by atoms with Gasteiger partial charge in [-0.15, -0.1) is 0 Å². The van der Waals surface area contributed by atoms with Gasteiger partial charge >= 0.3 is 0 Å². The largest absolute Gasteiger partial charge is 0.358 e. The van der Waals surface area contributed by atoms with Gasteiger partial charge in [-0.2, -0.15) is 0 Å². The molecule has 3 aliphatic carbocycles. The lowest BCUT2D eigenvalue weighted by Gasteiger charge is -2.34. The van der Waals surface area contributed by atoms with Crippen LogP contribution in [0.1, 0.15) is 19.3 Å². The van der Waals surface area contributed by atoms with E-state index in [4.69, 9.17) is 0 Å². The monoisotopic (exact) mass is 377 g/mol. The van der Waals surface area contributed by atoms with Crippen molar-refractivity contribution < 1.29 is 0 Å². The summed E-state index contributed by atoms with van der Waals surface area (Å²) in [5, 5.41) is 0. The molecule has 1 heterocycles. The van der Waals surface area contributed by atoms with Crippen molar-refractivity contribution in [3.05, 3.63) is 60.4 Å². The third-order valence-electron chi connectivity index (χ3n) is 5.01. The van der Waals surface area contributed by atoms with Crippen molar-refractivity contribution in [2.75, 3.05) is 0 Å². The van der Waals surface area contributed by atoms with E-state index in [9.17, 15) is 0 Å². The molecule has 5 atom stereocenters. The van der Waals surface area contributed by atoms with E-state index in [1.165, 1.54) is 25.0 Å². The molecule has 2 heteroatoms. The van der Waals surface area contributed by atoms with Gasteiger partial charge < -0.3 is 4.90 Å². The van der Waals surface area contributed by atoms with E-state index in [1.807, 2.05) is 0 Å². The van der Waals surface area contributed by atoms with E-state index < -0.39 is 0 Å². The predicted octanol–water partition coefficient (Wildman–Crippen LogP) is 4.40. The van der Waals surface area contributed by atoms with Crippen molar-refractivity contribution in [1.82, 2.24) is 4.90 Å². The second-order valence-electron chi connectivity index (χ2n) is 6.14. The van der Waals surface area contributed by atoms with Gasteiger partial charge in [0, 0.05) is 15.5 Å². The molecule has 0 aromatic rings. The van der Waals surface area contributed by atoms with Gasteiger partial charge in [0.2, 0.25) is 0 Å². The summed E-state index contributed by atoms with van der Waals surface area (Å²) in [6.45, 7) is 0. The molecule has 0 amide bonds. The van der Waals surface area contributed by atoms with Crippen molar-refractivity contribution >= 4 is 22.6 Å². The Morgan fingerprint density at radius 1 is 1.00 bits per heavy atom. The first-order valence-corrected chi connectivity index (χ1v) is 8.91. The number of halogens is 1. The molecule has 20 heavy (non-hydrogen) atoms. The number of hydrogen-bond donors (Lipinski definition) is 0. The topological polar surface area (TPSA) is 3.24 Å². The lowest BCUT2D eigenvalue weighted by atomic mass is 9.80. The zero-order chi connectivity index (χ0) is 13.5. The first kappa shape index (κ1) is 12.9. The van der Waals surface area contributed by atoms with E-state index in [1.54, 1.807) is 0 Å². The predicted molar refractivity (Wildman–Crippen MR) is 92.7 cm³/mol. The van der Waals surface area contributed by atoms with E-state index in [0.29, 0.717) is 21.9 Å². The number of fused-ring (bicyclic) bond motifs is 3. The molecule has 5 unspecified atom stereocenters. The van der Waals surface area contributed by atoms with Crippen LogP contribution in [-0.2, 0) is 0 Å². The van der Waals surface area contributed by atoms with Crippen LogP contribution in [0.25, 0.3) is 0 Å². The van der Waals surface area contributed by atoms with E-state index in [-0.39, 0.29) is 0 Å². The highest BCUT2D eigenvalue weighted by Crippen LogP contribution is 2.47. The minimum absolute atomic E-state index is 0.551. The number of rotatable bonds is 1. The molecular weight excluding hydrogens is 357 g/mol. The molecule has 0 spiro atoms. The summed E-state index contributed by atoms with van der Waals surface area (Å²) in [7, 11) is 0. The van der Waals surface area contributed by atoms with Crippen LogP contribution in [0.5, 0.6) is 0 Å². The molecule has 1 saturated heterocycles. The summed E-state index contributed by atoms with van der Waals surface area (Å²) in [5.74, 6) is 1.45. The molecule has 0 aromatic heterocycles. The van der Waals surface area contributed by atoms with Crippen LogP contribution in [0.3, 0.4) is 0 Å². The molecule has 0 N–H and O–H groups in total. The average Bonchev–Trinajstić information content (AvgIpc) is 2.82. The van der Waals surface area contributed by atoms with Crippen molar-refractivity contribution in [2.24, 2.45) is 11.8 Å². The second-order valence-corrected chi connectivity index (χ2v) is 7.74. The zero-order valence-corrected chi connectivity index (χ0v) is 13.7. The highest BCUT2D eigenvalue weighted by Gasteiger charge is 2.47. The summed E-state index contributed by atoms with van der Waals surface area (Å²) in [5.41, 5.74) is 1.44. The Bertz CT molecular complexity index is 540. The van der Waals surface area contributed by atoms with Gasteiger partial charge in [0.25, 0.3) is 0 Å². The van der Waals surface area contributed by atoms with Crippen molar-refractivity contribution in [3.8, 4) is 0 Å². The van der Waals surface area contributed by atoms with Gasteiger partial charge in [-0.3, -0.25) is 0 Å². The zero-order valence-electron chi connectivity index (χ0n) is 11.5. The molecule has 4 rings (SSSR count). The molecule has 4 aliphatic rings. The highest BCUT2D eigenvalue weighted by atomic mass is 127. The maximum atomic E-state index is 2.67. The number of nitrogens with zero attached hydrogens (tertiary/aromatic N) is 1. The van der Waals surface area contributed by atoms with Crippen molar-refractivity contribution in [1.29, 1.82) is 0 Å². The van der Waals surface area contributed by atoms with Gasteiger partial charge in [-0.1, -0.05) is 71.2 Å². The molecule has 1 aliphatic heterocycles. The fourth-order valence-corrected chi connectivity index (χ4v) is 4.99. The number of allylic oxidation sites excluding steroid dienone is 6. The third-order valence-corrected chi connectivity index (χ3v) is 5.93. The molecule has 0 aromatic carbocycles. The van der Waals surface area contributed by atoms with Crippen molar-refractivity contribution in [2.45, 2.75) is 35.3 Å². The fraction of sp³-hybridized carbons (Fsp3) is 0.444. The average molecular weight is 377 g/mol. The summed E-state index contributed by atoms with van der Waals surface area (Å²) in [4.78, 5) is 2.67. The van der Waals surface area contributed by atoms with Crippen molar-refractivity contribution in [3.63, 3.8) is 0 Å². The van der Waals surface area contributed by atoms with Crippen LogP contribution in [0, 0.1) is 11.8 Å². The maximum absolute atomic E-state index is 2.67. The van der Waals surface area contributed by atoms with Gasteiger partial charge in [0.1, 0.15) is 0 Å². The maximum Gasteiger partial charge on any atom is 0.0548 e. The van der Waals surface area contributed by atoms with Crippen LogP contribution in [-0.4, -0.2) is 20.9 Å². The van der Waals surface area contributed by atoms with Gasteiger partial charge in [0.05, 0.1) is 12.1 Å². The molecular formula is C18H20IN. The Balaban J connectivity index is 1.74. The van der Waals surface area contributed by atoms with Crippen LogP contribution in [0.2, 0.25) is 0 Å². The number of alkyl halides is 1. The molecule has 0 saturated carbocycles. The van der Waals surface area contributed by atoms with Gasteiger partial charge in [-0.05, 0) is 31.3 Å². The third kappa shape index (κ3) is 2.03.